The van der Waals surface area contributed by atoms with Gasteiger partial charge in [0, 0.05) is 24.8 Å². The van der Waals surface area contributed by atoms with Gasteiger partial charge in [-0.05, 0) is 24.5 Å². The number of nitrogens with zero attached hydrogens (tertiary/aromatic N) is 1. The van der Waals surface area contributed by atoms with Gasteiger partial charge in [0.05, 0.1) is 5.69 Å². The predicted octanol–water partition coefficient (Wildman–Crippen LogP) is 0.819. The van der Waals surface area contributed by atoms with E-state index < -0.39 is 0 Å². The van der Waals surface area contributed by atoms with Gasteiger partial charge in [-0.1, -0.05) is 0 Å². The number of aliphatic hydroxyl groups is 1. The Morgan fingerprint density at radius 1 is 1.54 bits per heavy atom. The molecule has 0 spiro atoms. The standard InChI is InChI=1S/C10H11NO2/c12-6-7-4-9-8(10(13)5-7)2-1-3-11-9/h1-3,7,12H,4-6H2. The minimum Gasteiger partial charge on any atom is -0.396 e. The minimum atomic E-state index is 0.0647. The highest BCUT2D eigenvalue weighted by molar-refractivity contribution is 5.98. The largest absolute Gasteiger partial charge is 0.396 e. The van der Waals surface area contributed by atoms with Crippen LogP contribution in [0.5, 0.6) is 0 Å². The average Bonchev–Trinajstić information content (AvgIpc) is 2.18. The number of carbonyl (C=O) groups is 1. The highest BCUT2D eigenvalue weighted by Crippen LogP contribution is 2.22. The number of carbonyl (C=O) groups excluding carboxylic acids is 1. The van der Waals surface area contributed by atoms with Gasteiger partial charge in [-0.3, -0.25) is 9.78 Å². The van der Waals surface area contributed by atoms with Crippen molar-refractivity contribution in [1.29, 1.82) is 0 Å². The molecular formula is C10H11NO2. The monoisotopic (exact) mass is 177 g/mol. The molecule has 1 atom stereocenters. The molecule has 1 aromatic heterocycles. The molecule has 1 aliphatic carbocycles. The van der Waals surface area contributed by atoms with Gasteiger partial charge in [-0.25, -0.2) is 0 Å². The van der Waals surface area contributed by atoms with Gasteiger partial charge >= 0.3 is 0 Å². The summed E-state index contributed by atoms with van der Waals surface area (Å²) in [6, 6.07) is 3.58. The van der Waals surface area contributed by atoms with Gasteiger partial charge in [0.2, 0.25) is 0 Å². The summed E-state index contributed by atoms with van der Waals surface area (Å²) in [4.78, 5) is 15.6. The molecule has 0 amide bonds. The lowest BCUT2D eigenvalue weighted by atomic mass is 9.86. The van der Waals surface area contributed by atoms with Crippen LogP contribution in [0.2, 0.25) is 0 Å². The quantitative estimate of drug-likeness (QED) is 0.690. The SMILES string of the molecule is O=C1CC(CO)Cc2ncccc21. The molecule has 13 heavy (non-hydrogen) atoms. The first-order valence-corrected chi connectivity index (χ1v) is 4.39. The van der Waals surface area contributed by atoms with E-state index in [1.807, 2.05) is 0 Å². The van der Waals surface area contributed by atoms with Crippen LogP contribution in [0.25, 0.3) is 0 Å². The van der Waals surface area contributed by atoms with Gasteiger partial charge in [-0.2, -0.15) is 0 Å². The fourth-order valence-corrected chi connectivity index (χ4v) is 1.70. The Bertz CT molecular complexity index is 335. The third kappa shape index (κ3) is 1.47. The van der Waals surface area contributed by atoms with Crippen LogP contribution < -0.4 is 0 Å². The second-order valence-corrected chi connectivity index (χ2v) is 3.38. The molecular weight excluding hydrogens is 166 g/mol. The number of hydrogen-bond acceptors (Lipinski definition) is 3. The van der Waals surface area contributed by atoms with E-state index in [0.29, 0.717) is 6.42 Å². The van der Waals surface area contributed by atoms with E-state index in [1.54, 1.807) is 18.3 Å². The number of Topliss-reactive ketones (excluding diaryl/α,β-unsaturated/α-hetero) is 1. The summed E-state index contributed by atoms with van der Waals surface area (Å²) in [6.45, 7) is 0.0712. The van der Waals surface area contributed by atoms with Crippen molar-refractivity contribution in [3.63, 3.8) is 0 Å². The fraction of sp³-hybridized carbons (Fsp3) is 0.400. The van der Waals surface area contributed by atoms with E-state index >= 15 is 0 Å². The smallest absolute Gasteiger partial charge is 0.165 e. The molecule has 0 aromatic carbocycles. The van der Waals surface area contributed by atoms with Crippen LogP contribution in [0.3, 0.4) is 0 Å². The lowest BCUT2D eigenvalue weighted by Gasteiger charge is -2.20. The van der Waals surface area contributed by atoms with Crippen LogP contribution in [0.4, 0.5) is 0 Å². The van der Waals surface area contributed by atoms with Crippen LogP contribution >= 0.6 is 0 Å². The Morgan fingerprint density at radius 3 is 3.15 bits per heavy atom. The topological polar surface area (TPSA) is 50.2 Å². The van der Waals surface area contributed by atoms with Crippen molar-refractivity contribution in [2.24, 2.45) is 5.92 Å². The fourth-order valence-electron chi connectivity index (χ4n) is 1.70. The lowest BCUT2D eigenvalue weighted by molar-refractivity contribution is 0.0917. The molecule has 1 unspecified atom stereocenters. The second kappa shape index (κ2) is 3.26. The maximum Gasteiger partial charge on any atom is 0.165 e. The summed E-state index contributed by atoms with van der Waals surface area (Å²) in [7, 11) is 0. The molecule has 0 bridgehead atoms. The Labute approximate surface area is 76.4 Å². The molecule has 1 N–H and O–H groups in total. The van der Waals surface area contributed by atoms with Gasteiger partial charge in [0.1, 0.15) is 0 Å². The van der Waals surface area contributed by atoms with Crippen molar-refractivity contribution in [2.45, 2.75) is 12.8 Å². The van der Waals surface area contributed by atoms with E-state index in [9.17, 15) is 4.79 Å². The van der Waals surface area contributed by atoms with Crippen molar-refractivity contribution < 1.29 is 9.90 Å². The molecule has 0 saturated heterocycles. The summed E-state index contributed by atoms with van der Waals surface area (Å²) in [5.74, 6) is 0.170. The molecule has 3 heteroatoms. The zero-order chi connectivity index (χ0) is 9.26. The van der Waals surface area contributed by atoms with Crippen molar-refractivity contribution in [3.8, 4) is 0 Å². The van der Waals surface area contributed by atoms with E-state index in [1.165, 1.54) is 0 Å². The van der Waals surface area contributed by atoms with E-state index in [0.717, 1.165) is 17.7 Å². The second-order valence-electron chi connectivity index (χ2n) is 3.38. The van der Waals surface area contributed by atoms with Gasteiger partial charge in [0.15, 0.2) is 5.78 Å². The Balaban J connectivity index is 2.37. The summed E-state index contributed by atoms with van der Waals surface area (Å²) in [5, 5.41) is 8.95. The van der Waals surface area contributed by atoms with Crippen molar-refractivity contribution in [1.82, 2.24) is 4.98 Å². The maximum absolute atomic E-state index is 11.5. The van der Waals surface area contributed by atoms with Gasteiger partial charge in [-0.15, -0.1) is 0 Å². The molecule has 0 aliphatic heterocycles. The summed E-state index contributed by atoms with van der Waals surface area (Å²) in [6.07, 6.45) is 2.86. The summed E-state index contributed by atoms with van der Waals surface area (Å²) in [5.41, 5.74) is 1.56. The van der Waals surface area contributed by atoms with Crippen LogP contribution in [-0.4, -0.2) is 22.5 Å². The first kappa shape index (κ1) is 8.38. The number of fused-ring (bicyclic) bond motifs is 1. The zero-order valence-corrected chi connectivity index (χ0v) is 7.23. The number of aromatic nitrogens is 1. The summed E-state index contributed by atoms with van der Waals surface area (Å²) >= 11 is 0. The first-order valence-electron chi connectivity index (χ1n) is 4.39. The number of rotatable bonds is 1. The summed E-state index contributed by atoms with van der Waals surface area (Å²) < 4.78 is 0. The Morgan fingerprint density at radius 2 is 2.38 bits per heavy atom. The van der Waals surface area contributed by atoms with Crippen molar-refractivity contribution in [3.05, 3.63) is 29.6 Å². The van der Waals surface area contributed by atoms with Crippen LogP contribution in [0, 0.1) is 5.92 Å². The predicted molar refractivity (Wildman–Crippen MR) is 47.5 cm³/mol. The molecule has 1 aliphatic rings. The highest BCUT2D eigenvalue weighted by Gasteiger charge is 2.24. The van der Waals surface area contributed by atoms with Crippen molar-refractivity contribution in [2.75, 3.05) is 6.61 Å². The van der Waals surface area contributed by atoms with Crippen LogP contribution in [-0.2, 0) is 6.42 Å². The molecule has 1 aromatic rings. The number of aliphatic hydroxyl groups excluding tert-OH is 1. The zero-order valence-electron chi connectivity index (χ0n) is 7.23. The molecule has 1 heterocycles. The molecule has 2 rings (SSSR count). The number of hydrogen-bond donors (Lipinski definition) is 1. The van der Waals surface area contributed by atoms with E-state index in [-0.39, 0.29) is 18.3 Å². The maximum atomic E-state index is 11.5. The molecule has 3 nitrogen and oxygen atoms in total. The van der Waals surface area contributed by atoms with Crippen LogP contribution in [0.15, 0.2) is 18.3 Å². The molecule has 0 fully saturated rings. The molecule has 68 valence electrons. The van der Waals surface area contributed by atoms with E-state index in [2.05, 4.69) is 4.98 Å². The van der Waals surface area contributed by atoms with Crippen LogP contribution in [0.1, 0.15) is 22.5 Å². The molecule has 0 saturated carbocycles. The normalized spacial score (nSPS) is 21.3. The third-order valence-electron chi connectivity index (χ3n) is 2.40. The minimum absolute atomic E-state index is 0.0647. The third-order valence-corrected chi connectivity index (χ3v) is 2.40. The number of pyridine rings is 1. The lowest BCUT2D eigenvalue weighted by Crippen LogP contribution is -2.23. The Kier molecular flexibility index (Phi) is 2.10. The highest BCUT2D eigenvalue weighted by atomic mass is 16.3. The van der Waals surface area contributed by atoms with E-state index in [4.69, 9.17) is 5.11 Å². The molecule has 0 radical (unpaired) electrons. The van der Waals surface area contributed by atoms with Crippen molar-refractivity contribution >= 4 is 5.78 Å². The van der Waals surface area contributed by atoms with Gasteiger partial charge < -0.3 is 5.11 Å². The number of ketones is 1. The first-order chi connectivity index (χ1) is 6.31. The Hall–Kier alpha value is -1.22. The van der Waals surface area contributed by atoms with Gasteiger partial charge in [0.25, 0.3) is 0 Å². The average molecular weight is 177 g/mol.